The Balaban J connectivity index is 1.63. The lowest BCUT2D eigenvalue weighted by atomic mass is 10.1. The summed E-state index contributed by atoms with van der Waals surface area (Å²) < 4.78 is 10.6. The van der Waals surface area contributed by atoms with Gasteiger partial charge in [-0.2, -0.15) is 0 Å². The number of hydrogen-bond donors (Lipinski definition) is 2. The van der Waals surface area contributed by atoms with Crippen molar-refractivity contribution in [2.24, 2.45) is 0 Å². The van der Waals surface area contributed by atoms with E-state index in [0.29, 0.717) is 13.1 Å². The Labute approximate surface area is 119 Å². The molecule has 0 aromatic heterocycles. The highest BCUT2D eigenvalue weighted by Gasteiger charge is 2.15. The molecule has 20 heavy (non-hydrogen) atoms. The van der Waals surface area contributed by atoms with Gasteiger partial charge in [0.05, 0.1) is 13.2 Å². The summed E-state index contributed by atoms with van der Waals surface area (Å²) >= 11 is 0. The fraction of sp³-hybridized carbons (Fsp3) is 0.533. The second-order valence-electron chi connectivity index (χ2n) is 4.87. The highest BCUT2D eigenvalue weighted by atomic mass is 16.5. The van der Waals surface area contributed by atoms with Crippen LogP contribution in [0.1, 0.15) is 18.4 Å². The molecule has 1 aliphatic heterocycles. The van der Waals surface area contributed by atoms with E-state index in [2.05, 4.69) is 10.6 Å². The second kappa shape index (κ2) is 7.75. The van der Waals surface area contributed by atoms with Crippen molar-refractivity contribution >= 4 is 6.03 Å². The Morgan fingerprint density at radius 2 is 2.35 bits per heavy atom. The smallest absolute Gasteiger partial charge is 0.314 e. The van der Waals surface area contributed by atoms with Gasteiger partial charge in [-0.15, -0.1) is 0 Å². The van der Waals surface area contributed by atoms with Crippen LogP contribution in [0.2, 0.25) is 0 Å². The third kappa shape index (κ3) is 4.74. The van der Waals surface area contributed by atoms with E-state index in [0.717, 1.165) is 37.2 Å². The Kier molecular flexibility index (Phi) is 5.68. The molecule has 2 N–H and O–H groups in total. The predicted molar refractivity (Wildman–Crippen MR) is 77.1 cm³/mol. The number of rotatable bonds is 6. The first kappa shape index (κ1) is 14.7. The SMILES string of the molecule is COc1cccc(CCNC(=O)NCC2CCCO2)c1. The Morgan fingerprint density at radius 1 is 1.45 bits per heavy atom. The molecule has 2 amide bonds. The third-order valence-corrected chi connectivity index (χ3v) is 3.35. The number of ether oxygens (including phenoxy) is 2. The number of nitrogens with one attached hydrogen (secondary N) is 2. The molecular formula is C15H22N2O3. The van der Waals surface area contributed by atoms with Crippen LogP contribution >= 0.6 is 0 Å². The summed E-state index contributed by atoms with van der Waals surface area (Å²) in [5.74, 6) is 0.838. The normalized spacial score (nSPS) is 17.8. The highest BCUT2D eigenvalue weighted by Crippen LogP contribution is 2.12. The first-order valence-electron chi connectivity index (χ1n) is 7.04. The average Bonchev–Trinajstić information content (AvgIpc) is 2.99. The van der Waals surface area contributed by atoms with E-state index in [1.54, 1.807) is 7.11 Å². The Bertz CT molecular complexity index is 431. The Morgan fingerprint density at radius 3 is 3.10 bits per heavy atom. The fourth-order valence-electron chi connectivity index (χ4n) is 2.22. The van der Waals surface area contributed by atoms with Crippen molar-refractivity contribution in [3.8, 4) is 5.75 Å². The lowest BCUT2D eigenvalue weighted by molar-refractivity contribution is 0.111. The molecule has 0 bridgehead atoms. The number of benzene rings is 1. The van der Waals surface area contributed by atoms with Crippen LogP contribution < -0.4 is 15.4 Å². The van der Waals surface area contributed by atoms with E-state index in [1.165, 1.54) is 0 Å². The molecule has 110 valence electrons. The van der Waals surface area contributed by atoms with Crippen molar-refractivity contribution in [1.82, 2.24) is 10.6 Å². The van der Waals surface area contributed by atoms with Gasteiger partial charge in [-0.1, -0.05) is 12.1 Å². The summed E-state index contributed by atoms with van der Waals surface area (Å²) in [6, 6.07) is 7.72. The molecule has 1 unspecified atom stereocenters. The van der Waals surface area contributed by atoms with Crippen molar-refractivity contribution < 1.29 is 14.3 Å². The van der Waals surface area contributed by atoms with Crippen molar-refractivity contribution in [1.29, 1.82) is 0 Å². The fourth-order valence-corrected chi connectivity index (χ4v) is 2.22. The molecule has 0 spiro atoms. The average molecular weight is 278 g/mol. The molecule has 5 nitrogen and oxygen atoms in total. The molecule has 1 saturated heterocycles. The van der Waals surface area contributed by atoms with Crippen LogP contribution in [-0.4, -0.2) is 38.9 Å². The van der Waals surface area contributed by atoms with Crippen LogP contribution in [0, 0.1) is 0 Å². The van der Waals surface area contributed by atoms with E-state index >= 15 is 0 Å². The van der Waals surface area contributed by atoms with Gasteiger partial charge in [0, 0.05) is 19.7 Å². The lowest BCUT2D eigenvalue weighted by Crippen LogP contribution is -2.40. The number of carbonyl (C=O) groups excluding carboxylic acids is 1. The zero-order valence-corrected chi connectivity index (χ0v) is 11.9. The summed E-state index contributed by atoms with van der Waals surface area (Å²) in [4.78, 5) is 11.6. The lowest BCUT2D eigenvalue weighted by Gasteiger charge is -2.11. The predicted octanol–water partition coefficient (Wildman–Crippen LogP) is 1.72. The minimum absolute atomic E-state index is 0.136. The molecule has 0 saturated carbocycles. The first-order chi connectivity index (χ1) is 9.78. The van der Waals surface area contributed by atoms with Crippen LogP contribution in [0.3, 0.4) is 0 Å². The molecular weight excluding hydrogens is 256 g/mol. The van der Waals surface area contributed by atoms with E-state index in [-0.39, 0.29) is 12.1 Å². The summed E-state index contributed by atoms with van der Waals surface area (Å²) in [5, 5.41) is 5.68. The van der Waals surface area contributed by atoms with Gasteiger partial charge in [0.1, 0.15) is 5.75 Å². The topological polar surface area (TPSA) is 59.6 Å². The minimum Gasteiger partial charge on any atom is -0.497 e. The van der Waals surface area contributed by atoms with Gasteiger partial charge >= 0.3 is 6.03 Å². The van der Waals surface area contributed by atoms with Crippen LogP contribution in [-0.2, 0) is 11.2 Å². The highest BCUT2D eigenvalue weighted by molar-refractivity contribution is 5.73. The summed E-state index contributed by atoms with van der Waals surface area (Å²) in [7, 11) is 1.65. The minimum atomic E-state index is -0.136. The van der Waals surface area contributed by atoms with Crippen LogP contribution in [0.15, 0.2) is 24.3 Å². The largest absolute Gasteiger partial charge is 0.497 e. The van der Waals surface area contributed by atoms with Gasteiger partial charge < -0.3 is 20.1 Å². The molecule has 0 aliphatic carbocycles. The molecule has 5 heteroatoms. The monoisotopic (exact) mass is 278 g/mol. The van der Waals surface area contributed by atoms with Crippen LogP contribution in [0.5, 0.6) is 5.75 Å². The molecule has 1 aliphatic rings. The van der Waals surface area contributed by atoms with Gasteiger partial charge in [-0.25, -0.2) is 4.79 Å². The Hall–Kier alpha value is -1.75. The maximum atomic E-state index is 11.6. The van der Waals surface area contributed by atoms with E-state index in [9.17, 15) is 4.79 Å². The quantitative estimate of drug-likeness (QED) is 0.833. The number of carbonyl (C=O) groups is 1. The molecule has 1 fully saturated rings. The van der Waals surface area contributed by atoms with Crippen molar-refractivity contribution in [3.05, 3.63) is 29.8 Å². The van der Waals surface area contributed by atoms with E-state index < -0.39 is 0 Å². The van der Waals surface area contributed by atoms with Gasteiger partial charge in [-0.3, -0.25) is 0 Å². The number of amides is 2. The first-order valence-corrected chi connectivity index (χ1v) is 7.04. The van der Waals surface area contributed by atoms with Crippen LogP contribution in [0.4, 0.5) is 4.79 Å². The van der Waals surface area contributed by atoms with Gasteiger partial charge in [0.15, 0.2) is 0 Å². The third-order valence-electron chi connectivity index (χ3n) is 3.35. The van der Waals surface area contributed by atoms with Crippen molar-refractivity contribution in [2.75, 3.05) is 26.8 Å². The second-order valence-corrected chi connectivity index (χ2v) is 4.87. The molecule has 1 atom stereocenters. The van der Waals surface area contributed by atoms with E-state index in [4.69, 9.17) is 9.47 Å². The van der Waals surface area contributed by atoms with Crippen molar-refractivity contribution in [2.45, 2.75) is 25.4 Å². The van der Waals surface area contributed by atoms with Gasteiger partial charge in [-0.05, 0) is 37.0 Å². The van der Waals surface area contributed by atoms with E-state index in [1.807, 2.05) is 24.3 Å². The van der Waals surface area contributed by atoms with Gasteiger partial charge in [0.25, 0.3) is 0 Å². The molecule has 1 heterocycles. The molecule has 0 radical (unpaired) electrons. The maximum Gasteiger partial charge on any atom is 0.314 e. The molecule has 2 rings (SSSR count). The number of methoxy groups -OCH3 is 1. The van der Waals surface area contributed by atoms with Crippen molar-refractivity contribution in [3.63, 3.8) is 0 Å². The summed E-state index contributed by atoms with van der Waals surface area (Å²) in [6.45, 7) is 2.00. The standard InChI is InChI=1S/C15H22N2O3/c1-19-13-5-2-4-12(10-13)7-8-16-15(18)17-11-14-6-3-9-20-14/h2,4-5,10,14H,3,6-9,11H2,1H3,(H2,16,17,18). The number of hydrogen-bond acceptors (Lipinski definition) is 3. The molecule has 1 aromatic carbocycles. The number of urea groups is 1. The van der Waals surface area contributed by atoms with Gasteiger partial charge in [0.2, 0.25) is 0 Å². The summed E-state index contributed by atoms with van der Waals surface area (Å²) in [5.41, 5.74) is 1.14. The summed E-state index contributed by atoms with van der Waals surface area (Å²) in [6.07, 6.45) is 3.08. The zero-order chi connectivity index (χ0) is 14.2. The van der Waals surface area contributed by atoms with Crippen LogP contribution in [0.25, 0.3) is 0 Å². The molecule has 1 aromatic rings. The zero-order valence-electron chi connectivity index (χ0n) is 11.9. The maximum absolute atomic E-state index is 11.6.